The molecule has 0 spiro atoms. The van der Waals surface area contributed by atoms with Crippen molar-refractivity contribution in [1.82, 2.24) is 5.32 Å². The maximum atomic E-state index is 13.7. The Labute approximate surface area is 146 Å². The van der Waals surface area contributed by atoms with E-state index in [1.54, 1.807) is 36.4 Å². The normalized spacial score (nSPS) is 17.8. The zero-order valence-corrected chi connectivity index (χ0v) is 13.8. The van der Waals surface area contributed by atoms with Gasteiger partial charge >= 0.3 is 0 Å². The van der Waals surface area contributed by atoms with E-state index in [0.29, 0.717) is 31.4 Å². The molecule has 1 heterocycles. The van der Waals surface area contributed by atoms with E-state index in [9.17, 15) is 9.18 Å². The van der Waals surface area contributed by atoms with Gasteiger partial charge in [-0.25, -0.2) is 9.38 Å². The predicted molar refractivity (Wildman–Crippen MR) is 93.7 cm³/mol. The lowest BCUT2D eigenvalue weighted by Gasteiger charge is -2.00. The van der Waals surface area contributed by atoms with Gasteiger partial charge in [0.25, 0.3) is 5.91 Å². The summed E-state index contributed by atoms with van der Waals surface area (Å²) in [5, 5.41) is 3.67. The van der Waals surface area contributed by atoms with Crippen LogP contribution in [-0.2, 0) is 4.79 Å². The highest BCUT2D eigenvalue weighted by molar-refractivity contribution is 8.18. The van der Waals surface area contributed by atoms with Crippen molar-refractivity contribution in [3.8, 4) is 0 Å². The first-order valence-electron chi connectivity index (χ1n) is 6.53. The molecule has 0 aliphatic carbocycles. The van der Waals surface area contributed by atoms with Crippen LogP contribution in [0, 0.1) is 5.82 Å². The predicted octanol–water partition coefficient (Wildman–Crippen LogP) is 5.02. The SMILES string of the molecule is O=C1NC(=Nc2cccc(Cl)c2Cl)SC1=Cc1ccccc1F. The number of carbonyl (C=O) groups is 1. The summed E-state index contributed by atoms with van der Waals surface area (Å²) in [6, 6.07) is 11.3. The highest BCUT2D eigenvalue weighted by Crippen LogP contribution is 2.34. The summed E-state index contributed by atoms with van der Waals surface area (Å²) in [6.07, 6.45) is 1.48. The summed E-state index contributed by atoms with van der Waals surface area (Å²) in [7, 11) is 0. The fourth-order valence-corrected chi connectivity index (χ4v) is 3.07. The van der Waals surface area contributed by atoms with E-state index in [4.69, 9.17) is 23.2 Å². The third-order valence-corrected chi connectivity index (χ3v) is 4.71. The molecular formula is C16H9Cl2FN2OS. The van der Waals surface area contributed by atoms with Gasteiger partial charge in [0, 0.05) is 5.56 Å². The van der Waals surface area contributed by atoms with Gasteiger partial charge in [0.2, 0.25) is 0 Å². The minimum atomic E-state index is -0.392. The second-order valence-electron chi connectivity index (χ2n) is 4.58. The van der Waals surface area contributed by atoms with Crippen LogP contribution in [0.15, 0.2) is 52.4 Å². The van der Waals surface area contributed by atoms with Crippen molar-refractivity contribution in [2.75, 3.05) is 0 Å². The number of hydrogen-bond acceptors (Lipinski definition) is 3. The summed E-state index contributed by atoms with van der Waals surface area (Å²) in [4.78, 5) is 16.6. The number of hydrogen-bond donors (Lipinski definition) is 1. The molecule has 0 saturated carbocycles. The second kappa shape index (κ2) is 6.74. The van der Waals surface area contributed by atoms with E-state index in [-0.39, 0.29) is 5.91 Å². The van der Waals surface area contributed by atoms with Gasteiger partial charge in [0.05, 0.1) is 20.6 Å². The van der Waals surface area contributed by atoms with Crippen LogP contribution in [0.3, 0.4) is 0 Å². The minimum Gasteiger partial charge on any atom is -0.300 e. The Hall–Kier alpha value is -1.82. The Morgan fingerprint density at radius 3 is 2.70 bits per heavy atom. The van der Waals surface area contributed by atoms with Crippen molar-refractivity contribution in [3.05, 3.63) is 68.8 Å². The Morgan fingerprint density at radius 1 is 1.13 bits per heavy atom. The summed E-state index contributed by atoms with van der Waals surface area (Å²) in [5.74, 6) is -0.730. The number of aliphatic imine (C=N–C) groups is 1. The first-order valence-corrected chi connectivity index (χ1v) is 8.10. The highest BCUT2D eigenvalue weighted by Gasteiger charge is 2.24. The fraction of sp³-hybridized carbons (Fsp3) is 0. The Morgan fingerprint density at radius 2 is 1.91 bits per heavy atom. The quantitative estimate of drug-likeness (QED) is 0.757. The van der Waals surface area contributed by atoms with E-state index in [2.05, 4.69) is 10.3 Å². The molecule has 0 unspecified atom stereocenters. The zero-order chi connectivity index (χ0) is 16.4. The van der Waals surface area contributed by atoms with E-state index in [1.165, 1.54) is 12.1 Å². The third-order valence-electron chi connectivity index (χ3n) is 3.00. The molecule has 1 fully saturated rings. The average Bonchev–Trinajstić information content (AvgIpc) is 2.86. The molecule has 116 valence electrons. The molecular weight excluding hydrogens is 358 g/mol. The molecule has 23 heavy (non-hydrogen) atoms. The van der Waals surface area contributed by atoms with E-state index >= 15 is 0 Å². The van der Waals surface area contributed by atoms with Crippen molar-refractivity contribution in [3.63, 3.8) is 0 Å². The first-order chi connectivity index (χ1) is 11.0. The average molecular weight is 367 g/mol. The largest absolute Gasteiger partial charge is 0.300 e. The topological polar surface area (TPSA) is 41.5 Å². The molecule has 2 aromatic carbocycles. The lowest BCUT2D eigenvalue weighted by Crippen LogP contribution is -2.19. The highest BCUT2D eigenvalue weighted by atomic mass is 35.5. The van der Waals surface area contributed by atoms with Crippen LogP contribution in [0.2, 0.25) is 10.0 Å². The molecule has 1 aliphatic heterocycles. The molecule has 0 atom stereocenters. The summed E-state index contributed by atoms with van der Waals surface area (Å²) >= 11 is 13.1. The standard InChI is InChI=1S/C16H9Cl2FN2OS/c17-10-5-3-7-12(14(10)18)20-16-21-15(22)13(23-16)8-9-4-1-2-6-11(9)19/h1-8H,(H,20,21,22). The van der Waals surface area contributed by atoms with Crippen LogP contribution in [-0.4, -0.2) is 11.1 Å². The Balaban J connectivity index is 1.89. The lowest BCUT2D eigenvalue weighted by molar-refractivity contribution is -0.115. The molecule has 1 saturated heterocycles. The van der Waals surface area contributed by atoms with Crippen molar-refractivity contribution in [2.24, 2.45) is 4.99 Å². The van der Waals surface area contributed by atoms with Crippen LogP contribution in [0.4, 0.5) is 10.1 Å². The smallest absolute Gasteiger partial charge is 0.264 e. The Kier molecular flexibility index (Phi) is 4.71. The number of rotatable bonds is 2. The number of nitrogens with zero attached hydrogens (tertiary/aromatic N) is 1. The van der Waals surface area contributed by atoms with Crippen molar-refractivity contribution in [1.29, 1.82) is 0 Å². The molecule has 0 aromatic heterocycles. The van der Waals surface area contributed by atoms with Crippen molar-refractivity contribution < 1.29 is 9.18 Å². The zero-order valence-electron chi connectivity index (χ0n) is 11.5. The number of thioether (sulfide) groups is 1. The van der Waals surface area contributed by atoms with Crippen molar-refractivity contribution >= 4 is 57.8 Å². The molecule has 2 aromatic rings. The number of amidine groups is 1. The number of benzene rings is 2. The number of halogens is 3. The van der Waals surface area contributed by atoms with Crippen molar-refractivity contribution in [2.45, 2.75) is 0 Å². The summed E-state index contributed by atoms with van der Waals surface area (Å²) < 4.78 is 13.7. The van der Waals surface area contributed by atoms with Gasteiger partial charge in [-0.15, -0.1) is 0 Å². The van der Waals surface area contributed by atoms with Crippen LogP contribution in [0.1, 0.15) is 5.56 Å². The van der Waals surface area contributed by atoms with E-state index < -0.39 is 5.82 Å². The monoisotopic (exact) mass is 366 g/mol. The lowest BCUT2D eigenvalue weighted by atomic mass is 10.2. The summed E-state index contributed by atoms with van der Waals surface area (Å²) in [5.41, 5.74) is 0.793. The molecule has 0 bridgehead atoms. The number of nitrogens with one attached hydrogen (secondary N) is 1. The van der Waals surface area contributed by atoms with Gasteiger partial charge in [-0.1, -0.05) is 47.5 Å². The molecule has 1 aliphatic rings. The molecule has 0 radical (unpaired) electrons. The number of carbonyl (C=O) groups excluding carboxylic acids is 1. The van der Waals surface area contributed by atoms with Crippen LogP contribution in [0.5, 0.6) is 0 Å². The first kappa shape index (κ1) is 16.1. The molecule has 1 amide bonds. The van der Waals surface area contributed by atoms with Gasteiger partial charge in [-0.05, 0) is 36.0 Å². The third kappa shape index (κ3) is 3.58. The molecule has 7 heteroatoms. The van der Waals surface area contributed by atoms with Crippen LogP contribution < -0.4 is 5.32 Å². The second-order valence-corrected chi connectivity index (χ2v) is 6.39. The van der Waals surface area contributed by atoms with Gasteiger partial charge in [-0.2, -0.15) is 0 Å². The number of amides is 1. The van der Waals surface area contributed by atoms with Gasteiger partial charge in [0.1, 0.15) is 5.82 Å². The minimum absolute atomic E-state index is 0.308. The molecule has 1 N–H and O–H groups in total. The van der Waals surface area contributed by atoms with Crippen LogP contribution >= 0.6 is 35.0 Å². The van der Waals surface area contributed by atoms with E-state index in [0.717, 1.165) is 11.8 Å². The van der Waals surface area contributed by atoms with E-state index in [1.807, 2.05) is 0 Å². The van der Waals surface area contributed by atoms with Gasteiger partial charge in [-0.3, -0.25) is 4.79 Å². The maximum Gasteiger partial charge on any atom is 0.264 e. The van der Waals surface area contributed by atoms with Crippen LogP contribution in [0.25, 0.3) is 6.08 Å². The molecule has 3 rings (SSSR count). The Bertz CT molecular complexity index is 852. The van der Waals surface area contributed by atoms with Gasteiger partial charge < -0.3 is 5.32 Å². The molecule has 3 nitrogen and oxygen atoms in total. The summed E-state index contributed by atoms with van der Waals surface area (Å²) in [6.45, 7) is 0. The fourth-order valence-electron chi connectivity index (χ4n) is 1.90. The maximum absolute atomic E-state index is 13.7. The van der Waals surface area contributed by atoms with Gasteiger partial charge in [0.15, 0.2) is 5.17 Å².